The van der Waals surface area contributed by atoms with Crippen molar-refractivity contribution in [3.63, 3.8) is 0 Å². The highest BCUT2D eigenvalue weighted by Gasteiger charge is 2.25. The van der Waals surface area contributed by atoms with Crippen LogP contribution in [-0.2, 0) is 22.7 Å². The van der Waals surface area contributed by atoms with Crippen molar-refractivity contribution >= 4 is 5.91 Å². The first-order chi connectivity index (χ1) is 12.3. The number of hydrogen-bond acceptors (Lipinski definition) is 6. The van der Waals surface area contributed by atoms with Crippen molar-refractivity contribution < 1.29 is 9.53 Å². The number of amides is 1. The van der Waals surface area contributed by atoms with Gasteiger partial charge in [0, 0.05) is 30.9 Å². The molecule has 0 bridgehead atoms. The second-order valence-electron chi connectivity index (χ2n) is 6.79. The van der Waals surface area contributed by atoms with Crippen molar-refractivity contribution in [3.05, 3.63) is 24.4 Å². The average molecular weight is 342 g/mol. The van der Waals surface area contributed by atoms with Crippen LogP contribution in [0, 0.1) is 5.92 Å². The summed E-state index contributed by atoms with van der Waals surface area (Å²) >= 11 is 0. The summed E-state index contributed by atoms with van der Waals surface area (Å²) in [5.41, 5.74) is 2.50. The van der Waals surface area contributed by atoms with Crippen LogP contribution in [0.25, 0.3) is 11.3 Å². The van der Waals surface area contributed by atoms with E-state index in [0.29, 0.717) is 32.0 Å². The van der Waals surface area contributed by atoms with Gasteiger partial charge in [-0.1, -0.05) is 18.1 Å². The summed E-state index contributed by atoms with van der Waals surface area (Å²) in [6.45, 7) is 1.51. The molecule has 1 fully saturated rings. The van der Waals surface area contributed by atoms with E-state index in [2.05, 4.69) is 25.6 Å². The number of nitrogens with zero attached hydrogens (tertiary/aromatic N) is 5. The third-order valence-electron chi connectivity index (χ3n) is 4.98. The van der Waals surface area contributed by atoms with Gasteiger partial charge in [-0.2, -0.15) is 0 Å². The molecule has 25 heavy (non-hydrogen) atoms. The van der Waals surface area contributed by atoms with Crippen LogP contribution in [0.5, 0.6) is 0 Å². The van der Waals surface area contributed by atoms with E-state index in [-0.39, 0.29) is 12.0 Å². The molecule has 0 radical (unpaired) electrons. The van der Waals surface area contributed by atoms with E-state index in [9.17, 15) is 4.79 Å². The van der Waals surface area contributed by atoms with E-state index < -0.39 is 0 Å². The van der Waals surface area contributed by atoms with Gasteiger partial charge in [0.1, 0.15) is 12.0 Å². The van der Waals surface area contributed by atoms with Gasteiger partial charge in [-0.25, -0.2) is 14.6 Å². The number of hydrogen-bond donors (Lipinski definition) is 1. The SMILES string of the molecule is O=C(CC1CCCC1)NC[C@H]1Cn2nnc(-c3cncnc3)c2CO1. The van der Waals surface area contributed by atoms with Crippen LogP contribution in [0.15, 0.2) is 18.7 Å². The molecule has 1 amide bonds. The number of carbonyl (C=O) groups excluding carboxylic acids is 1. The lowest BCUT2D eigenvalue weighted by atomic mass is 10.0. The summed E-state index contributed by atoms with van der Waals surface area (Å²) in [5.74, 6) is 0.687. The molecule has 2 aliphatic rings. The molecule has 0 spiro atoms. The number of ether oxygens (including phenoxy) is 1. The molecule has 8 heteroatoms. The zero-order chi connectivity index (χ0) is 17.1. The number of nitrogens with one attached hydrogen (secondary N) is 1. The largest absolute Gasteiger partial charge is 0.368 e. The molecule has 0 unspecified atom stereocenters. The zero-order valence-corrected chi connectivity index (χ0v) is 14.1. The fourth-order valence-corrected chi connectivity index (χ4v) is 3.61. The topological polar surface area (TPSA) is 94.8 Å². The Labute approximate surface area is 146 Å². The van der Waals surface area contributed by atoms with Gasteiger partial charge < -0.3 is 10.1 Å². The second kappa shape index (κ2) is 7.26. The Morgan fingerprint density at radius 1 is 1.28 bits per heavy atom. The molecule has 2 aromatic heterocycles. The molecular formula is C17H22N6O2. The summed E-state index contributed by atoms with van der Waals surface area (Å²) in [4.78, 5) is 20.1. The summed E-state index contributed by atoms with van der Waals surface area (Å²) in [5, 5.41) is 11.4. The molecule has 0 saturated heterocycles. The predicted molar refractivity (Wildman–Crippen MR) is 89.2 cm³/mol. The van der Waals surface area contributed by atoms with Crippen LogP contribution in [0.4, 0.5) is 0 Å². The van der Waals surface area contributed by atoms with E-state index in [1.54, 1.807) is 12.4 Å². The van der Waals surface area contributed by atoms with E-state index in [1.807, 2.05) is 4.68 Å². The van der Waals surface area contributed by atoms with Crippen LogP contribution in [0.3, 0.4) is 0 Å². The predicted octanol–water partition coefficient (Wildman–Crippen LogP) is 1.33. The minimum absolute atomic E-state index is 0.0819. The van der Waals surface area contributed by atoms with Gasteiger partial charge in [-0.3, -0.25) is 4.79 Å². The van der Waals surface area contributed by atoms with Gasteiger partial charge in [0.05, 0.1) is 24.9 Å². The fourth-order valence-electron chi connectivity index (χ4n) is 3.61. The summed E-state index contributed by atoms with van der Waals surface area (Å²) < 4.78 is 7.74. The smallest absolute Gasteiger partial charge is 0.220 e. The maximum Gasteiger partial charge on any atom is 0.220 e. The number of carbonyl (C=O) groups is 1. The molecule has 2 aromatic rings. The lowest BCUT2D eigenvalue weighted by Gasteiger charge is -2.24. The lowest BCUT2D eigenvalue weighted by molar-refractivity contribution is -0.123. The first kappa shape index (κ1) is 16.1. The Bertz CT molecular complexity index is 726. The third-order valence-corrected chi connectivity index (χ3v) is 4.98. The normalized spacial score (nSPS) is 20.4. The van der Waals surface area contributed by atoms with E-state index >= 15 is 0 Å². The molecule has 1 N–H and O–H groups in total. The standard InChI is InChI=1S/C17H22N6O2/c24-16(5-12-3-1-2-4-12)20-8-14-9-23-15(10-25-14)17(21-22-23)13-6-18-11-19-7-13/h6-7,11-12,14H,1-5,8-10H2,(H,20,24)/t14-/m0/s1. The van der Waals surface area contributed by atoms with E-state index in [1.165, 1.54) is 32.0 Å². The molecule has 1 atom stereocenters. The van der Waals surface area contributed by atoms with Gasteiger partial charge in [-0.15, -0.1) is 5.10 Å². The van der Waals surface area contributed by atoms with Gasteiger partial charge in [0.15, 0.2) is 0 Å². The van der Waals surface area contributed by atoms with Crippen molar-refractivity contribution in [1.29, 1.82) is 0 Å². The van der Waals surface area contributed by atoms with Crippen molar-refractivity contribution in [2.75, 3.05) is 6.54 Å². The van der Waals surface area contributed by atoms with E-state index in [4.69, 9.17) is 4.74 Å². The molecular weight excluding hydrogens is 320 g/mol. The first-order valence-corrected chi connectivity index (χ1v) is 8.85. The Balaban J connectivity index is 1.32. The average Bonchev–Trinajstić information content (AvgIpc) is 3.30. The molecule has 0 aromatic carbocycles. The highest BCUT2D eigenvalue weighted by Crippen LogP contribution is 2.27. The second-order valence-corrected chi connectivity index (χ2v) is 6.79. The summed E-state index contributed by atoms with van der Waals surface area (Å²) in [7, 11) is 0. The Morgan fingerprint density at radius 2 is 2.08 bits per heavy atom. The van der Waals surface area contributed by atoms with Crippen molar-refractivity contribution in [3.8, 4) is 11.3 Å². The lowest BCUT2D eigenvalue weighted by Crippen LogP contribution is -2.39. The van der Waals surface area contributed by atoms with Gasteiger partial charge in [-0.05, 0) is 18.8 Å². The number of fused-ring (bicyclic) bond motifs is 1. The highest BCUT2D eigenvalue weighted by atomic mass is 16.5. The molecule has 4 rings (SSSR count). The fraction of sp³-hybridized carbons (Fsp3) is 0.588. The highest BCUT2D eigenvalue weighted by molar-refractivity contribution is 5.76. The van der Waals surface area contributed by atoms with Crippen LogP contribution in [-0.4, -0.2) is 43.5 Å². The maximum atomic E-state index is 12.1. The van der Waals surface area contributed by atoms with Gasteiger partial charge in [0.25, 0.3) is 0 Å². The maximum absolute atomic E-state index is 12.1. The van der Waals surface area contributed by atoms with Crippen LogP contribution < -0.4 is 5.32 Å². The molecule has 3 heterocycles. The first-order valence-electron chi connectivity index (χ1n) is 8.85. The van der Waals surface area contributed by atoms with Crippen LogP contribution in [0.1, 0.15) is 37.8 Å². The minimum atomic E-state index is -0.0819. The Morgan fingerprint density at radius 3 is 2.88 bits per heavy atom. The molecule has 1 aliphatic carbocycles. The monoisotopic (exact) mass is 342 g/mol. The van der Waals surface area contributed by atoms with Gasteiger partial charge in [0.2, 0.25) is 5.91 Å². The van der Waals surface area contributed by atoms with Gasteiger partial charge >= 0.3 is 0 Å². The summed E-state index contributed by atoms with van der Waals surface area (Å²) in [6, 6.07) is 0. The zero-order valence-electron chi connectivity index (χ0n) is 14.1. The molecule has 1 aliphatic heterocycles. The quantitative estimate of drug-likeness (QED) is 0.881. The van der Waals surface area contributed by atoms with Crippen molar-refractivity contribution in [2.24, 2.45) is 5.92 Å². The van der Waals surface area contributed by atoms with Crippen molar-refractivity contribution in [1.82, 2.24) is 30.3 Å². The van der Waals surface area contributed by atoms with Crippen LogP contribution >= 0.6 is 0 Å². The Kier molecular flexibility index (Phi) is 4.69. The van der Waals surface area contributed by atoms with E-state index in [0.717, 1.165) is 17.0 Å². The van der Waals surface area contributed by atoms with Crippen molar-refractivity contribution in [2.45, 2.75) is 51.4 Å². The van der Waals surface area contributed by atoms with Crippen LogP contribution in [0.2, 0.25) is 0 Å². The summed E-state index contributed by atoms with van der Waals surface area (Å²) in [6.07, 6.45) is 10.4. The Hall–Kier alpha value is -2.35. The number of rotatable bonds is 5. The third kappa shape index (κ3) is 3.68. The number of aromatic nitrogens is 5. The molecule has 8 nitrogen and oxygen atoms in total. The minimum Gasteiger partial charge on any atom is -0.368 e. The molecule has 132 valence electrons. The molecule has 1 saturated carbocycles.